The number of unbranched alkanes of at least 4 members (excludes halogenated alkanes) is 1. The lowest BCUT2D eigenvalue weighted by molar-refractivity contribution is -0.137. The SMILES string of the molecule is COc1ccc(C(=O)CCCC(=O)O)cc1CCCCc1ccccc1. The van der Waals surface area contributed by atoms with E-state index in [1.54, 1.807) is 13.2 Å². The zero-order valence-electron chi connectivity index (χ0n) is 15.2. The summed E-state index contributed by atoms with van der Waals surface area (Å²) in [5, 5.41) is 8.68. The van der Waals surface area contributed by atoms with Crippen LogP contribution in [0.5, 0.6) is 5.75 Å². The van der Waals surface area contributed by atoms with Crippen molar-refractivity contribution in [3.63, 3.8) is 0 Å². The zero-order chi connectivity index (χ0) is 18.8. The number of ether oxygens (including phenoxy) is 1. The van der Waals surface area contributed by atoms with Crippen molar-refractivity contribution in [2.24, 2.45) is 0 Å². The highest BCUT2D eigenvalue weighted by molar-refractivity contribution is 5.96. The summed E-state index contributed by atoms with van der Waals surface area (Å²) in [6.07, 6.45) is 4.63. The van der Waals surface area contributed by atoms with Crippen LogP contribution in [0.1, 0.15) is 53.6 Å². The van der Waals surface area contributed by atoms with Gasteiger partial charge in [0.2, 0.25) is 0 Å². The van der Waals surface area contributed by atoms with Gasteiger partial charge in [-0.25, -0.2) is 0 Å². The second-order valence-electron chi connectivity index (χ2n) is 6.39. The van der Waals surface area contributed by atoms with Crippen LogP contribution >= 0.6 is 0 Å². The molecule has 0 radical (unpaired) electrons. The summed E-state index contributed by atoms with van der Waals surface area (Å²) in [4.78, 5) is 22.8. The highest BCUT2D eigenvalue weighted by atomic mass is 16.5. The van der Waals surface area contributed by atoms with Gasteiger partial charge in [0.25, 0.3) is 0 Å². The van der Waals surface area contributed by atoms with E-state index in [1.165, 1.54) is 5.56 Å². The molecule has 4 heteroatoms. The van der Waals surface area contributed by atoms with Gasteiger partial charge in [-0.2, -0.15) is 0 Å². The summed E-state index contributed by atoms with van der Waals surface area (Å²) in [6.45, 7) is 0. The molecule has 0 spiro atoms. The van der Waals surface area contributed by atoms with Gasteiger partial charge in [0.15, 0.2) is 5.78 Å². The van der Waals surface area contributed by atoms with Gasteiger partial charge in [-0.3, -0.25) is 9.59 Å². The molecule has 2 rings (SSSR count). The Kier molecular flexibility index (Phi) is 7.87. The van der Waals surface area contributed by atoms with E-state index in [1.807, 2.05) is 18.2 Å². The highest BCUT2D eigenvalue weighted by Crippen LogP contribution is 2.23. The topological polar surface area (TPSA) is 63.6 Å². The Labute approximate surface area is 154 Å². The van der Waals surface area contributed by atoms with Gasteiger partial charge in [-0.1, -0.05) is 30.3 Å². The van der Waals surface area contributed by atoms with Crippen molar-refractivity contribution in [3.05, 3.63) is 65.2 Å². The first-order valence-electron chi connectivity index (χ1n) is 9.06. The Morgan fingerprint density at radius 1 is 0.923 bits per heavy atom. The third-order valence-electron chi connectivity index (χ3n) is 4.40. The standard InChI is InChI=1S/C22H26O4/c1-26-21-15-14-18(20(23)12-7-13-22(24)25)16-19(21)11-6-5-10-17-8-3-2-4-9-17/h2-4,8-9,14-16H,5-7,10-13H2,1H3,(H,24,25). The monoisotopic (exact) mass is 354 g/mol. The molecule has 0 bridgehead atoms. The molecule has 0 aliphatic heterocycles. The van der Waals surface area contributed by atoms with Crippen molar-refractivity contribution < 1.29 is 19.4 Å². The molecule has 0 unspecified atom stereocenters. The van der Waals surface area contributed by atoms with Crippen molar-refractivity contribution in [1.29, 1.82) is 0 Å². The highest BCUT2D eigenvalue weighted by Gasteiger charge is 2.11. The Hall–Kier alpha value is -2.62. The van der Waals surface area contributed by atoms with Gasteiger partial charge in [-0.05, 0) is 61.4 Å². The lowest BCUT2D eigenvalue weighted by Gasteiger charge is -2.11. The van der Waals surface area contributed by atoms with Crippen LogP contribution in [-0.4, -0.2) is 24.0 Å². The minimum absolute atomic E-state index is 0.0144. The molecule has 0 aromatic heterocycles. The molecule has 0 saturated heterocycles. The van der Waals surface area contributed by atoms with E-state index in [-0.39, 0.29) is 18.6 Å². The van der Waals surface area contributed by atoms with Crippen LogP contribution in [-0.2, 0) is 17.6 Å². The van der Waals surface area contributed by atoms with E-state index in [2.05, 4.69) is 24.3 Å². The first-order chi connectivity index (χ1) is 12.6. The lowest BCUT2D eigenvalue weighted by Crippen LogP contribution is -2.03. The third kappa shape index (κ3) is 6.36. The maximum atomic E-state index is 12.3. The van der Waals surface area contributed by atoms with Crippen molar-refractivity contribution in [1.82, 2.24) is 0 Å². The first-order valence-corrected chi connectivity index (χ1v) is 9.06. The van der Waals surface area contributed by atoms with Crippen LogP contribution in [0.3, 0.4) is 0 Å². The number of rotatable bonds is 11. The molecule has 0 aliphatic carbocycles. The van der Waals surface area contributed by atoms with Gasteiger partial charge in [0.05, 0.1) is 7.11 Å². The van der Waals surface area contributed by atoms with E-state index in [4.69, 9.17) is 9.84 Å². The van der Waals surface area contributed by atoms with E-state index in [9.17, 15) is 9.59 Å². The van der Waals surface area contributed by atoms with Crippen LogP contribution in [0, 0.1) is 0 Å². The van der Waals surface area contributed by atoms with Gasteiger partial charge < -0.3 is 9.84 Å². The second-order valence-corrected chi connectivity index (χ2v) is 6.39. The number of carboxylic acid groups (broad SMARTS) is 1. The Morgan fingerprint density at radius 2 is 1.65 bits per heavy atom. The molecule has 4 nitrogen and oxygen atoms in total. The largest absolute Gasteiger partial charge is 0.496 e. The quantitative estimate of drug-likeness (QED) is 0.469. The molecule has 0 saturated carbocycles. The Balaban J connectivity index is 1.91. The molecule has 138 valence electrons. The number of carbonyl (C=O) groups is 2. The second kappa shape index (κ2) is 10.4. The van der Waals surface area contributed by atoms with Crippen LogP contribution in [0.4, 0.5) is 0 Å². The number of Topliss-reactive ketones (excluding diaryl/α,β-unsaturated/α-hetero) is 1. The number of ketones is 1. The van der Waals surface area contributed by atoms with Gasteiger partial charge >= 0.3 is 5.97 Å². The van der Waals surface area contributed by atoms with Gasteiger partial charge in [0, 0.05) is 18.4 Å². The smallest absolute Gasteiger partial charge is 0.303 e. The van der Waals surface area contributed by atoms with Crippen molar-refractivity contribution >= 4 is 11.8 Å². The maximum Gasteiger partial charge on any atom is 0.303 e. The van der Waals surface area contributed by atoms with Gasteiger partial charge in [-0.15, -0.1) is 0 Å². The van der Waals surface area contributed by atoms with E-state index >= 15 is 0 Å². The third-order valence-corrected chi connectivity index (χ3v) is 4.40. The summed E-state index contributed by atoms with van der Waals surface area (Å²) < 4.78 is 5.42. The maximum absolute atomic E-state index is 12.3. The Bertz CT molecular complexity index is 722. The number of carbonyl (C=O) groups excluding carboxylic acids is 1. The van der Waals surface area contributed by atoms with Crippen molar-refractivity contribution in [2.45, 2.75) is 44.9 Å². The average Bonchev–Trinajstić information content (AvgIpc) is 2.65. The molecule has 2 aromatic carbocycles. The van der Waals surface area contributed by atoms with E-state index in [0.29, 0.717) is 12.0 Å². The molecule has 2 aromatic rings. The summed E-state index contributed by atoms with van der Waals surface area (Å²) in [5.74, 6) is -0.0853. The number of methoxy groups -OCH3 is 1. The molecule has 0 atom stereocenters. The van der Waals surface area contributed by atoms with Crippen LogP contribution in [0.25, 0.3) is 0 Å². The van der Waals surface area contributed by atoms with Crippen LogP contribution in [0.2, 0.25) is 0 Å². The molecule has 1 N–H and O–H groups in total. The zero-order valence-corrected chi connectivity index (χ0v) is 15.2. The van der Waals surface area contributed by atoms with Crippen LogP contribution < -0.4 is 4.74 Å². The molecule has 0 aliphatic rings. The number of hydrogen-bond donors (Lipinski definition) is 1. The normalized spacial score (nSPS) is 10.5. The first kappa shape index (κ1) is 19.7. The van der Waals surface area contributed by atoms with Crippen LogP contribution in [0.15, 0.2) is 48.5 Å². The summed E-state index contributed by atoms with van der Waals surface area (Å²) in [5.41, 5.74) is 3.00. The molecule has 0 fully saturated rings. The van der Waals surface area contributed by atoms with Gasteiger partial charge in [0.1, 0.15) is 5.75 Å². The molecule has 0 amide bonds. The summed E-state index contributed by atoms with van der Waals surface area (Å²) in [7, 11) is 1.64. The number of carboxylic acids is 1. The molecule has 0 heterocycles. The number of aliphatic carboxylic acids is 1. The predicted molar refractivity (Wildman–Crippen MR) is 102 cm³/mol. The minimum atomic E-state index is -0.869. The minimum Gasteiger partial charge on any atom is -0.496 e. The number of aryl methyl sites for hydroxylation is 2. The summed E-state index contributed by atoms with van der Waals surface area (Å²) in [6, 6.07) is 15.9. The fraction of sp³-hybridized carbons (Fsp3) is 0.364. The fourth-order valence-electron chi connectivity index (χ4n) is 2.98. The molecular weight excluding hydrogens is 328 g/mol. The average molecular weight is 354 g/mol. The molecule has 26 heavy (non-hydrogen) atoms. The van der Waals surface area contributed by atoms with E-state index in [0.717, 1.165) is 37.0 Å². The number of benzene rings is 2. The predicted octanol–water partition coefficient (Wildman–Crippen LogP) is 4.70. The lowest BCUT2D eigenvalue weighted by atomic mass is 9.98. The van der Waals surface area contributed by atoms with Crippen molar-refractivity contribution in [2.75, 3.05) is 7.11 Å². The van der Waals surface area contributed by atoms with E-state index < -0.39 is 5.97 Å². The fourth-order valence-corrected chi connectivity index (χ4v) is 2.98. The van der Waals surface area contributed by atoms with Crippen molar-refractivity contribution in [3.8, 4) is 5.75 Å². The summed E-state index contributed by atoms with van der Waals surface area (Å²) >= 11 is 0. The molecular formula is C22H26O4. The Morgan fingerprint density at radius 3 is 2.35 bits per heavy atom. The number of hydrogen-bond acceptors (Lipinski definition) is 3.